The van der Waals surface area contributed by atoms with Crippen molar-refractivity contribution in [3.8, 4) is 22.9 Å². The van der Waals surface area contributed by atoms with Crippen molar-refractivity contribution < 1.29 is 0 Å². The predicted molar refractivity (Wildman–Crippen MR) is 231 cm³/mol. The maximum Gasteiger partial charge on any atom is 0.147 e. The van der Waals surface area contributed by atoms with Crippen molar-refractivity contribution in [2.75, 3.05) is 0 Å². The first-order valence-electron chi connectivity index (χ1n) is 18.8. The minimum absolute atomic E-state index is 0.515. The van der Waals surface area contributed by atoms with Crippen LogP contribution >= 0.6 is 0 Å². The van der Waals surface area contributed by atoms with Crippen molar-refractivity contribution in [1.82, 2.24) is 0 Å². The zero-order chi connectivity index (χ0) is 36.7. The summed E-state index contributed by atoms with van der Waals surface area (Å²) in [4.78, 5) is 0. The SMILES string of the molecule is C=CC[Si](C#Cc1c(C)c(C)c2c(C)c3c(C)c4cc5ccccc5cc4cc3cc2c1C#C[Si](CC=C)(C(C)C)C(C)C)(C(C)C)C(C)C. The minimum atomic E-state index is -2.05. The van der Waals surface area contributed by atoms with E-state index in [9.17, 15) is 0 Å². The van der Waals surface area contributed by atoms with Gasteiger partial charge in [-0.1, -0.05) is 104 Å². The predicted octanol–water partition coefficient (Wildman–Crippen LogP) is 14.2. The topological polar surface area (TPSA) is 0 Å². The van der Waals surface area contributed by atoms with E-state index in [0.29, 0.717) is 22.2 Å². The van der Waals surface area contributed by atoms with Crippen LogP contribution in [-0.4, -0.2) is 16.1 Å². The van der Waals surface area contributed by atoms with Gasteiger partial charge in [0.2, 0.25) is 0 Å². The van der Waals surface area contributed by atoms with Gasteiger partial charge in [-0.3, -0.25) is 0 Å². The van der Waals surface area contributed by atoms with Crippen LogP contribution < -0.4 is 0 Å². The van der Waals surface area contributed by atoms with Crippen LogP contribution in [0.15, 0.2) is 73.8 Å². The van der Waals surface area contributed by atoms with E-state index in [4.69, 9.17) is 0 Å². The summed E-state index contributed by atoms with van der Waals surface area (Å²) in [6, 6.07) is 20.3. The van der Waals surface area contributed by atoms with Gasteiger partial charge in [0, 0.05) is 11.1 Å². The molecule has 0 radical (unpaired) electrons. The first-order valence-corrected chi connectivity index (χ1v) is 23.5. The fourth-order valence-corrected chi connectivity index (χ4v) is 16.5. The molecule has 0 bridgehead atoms. The fraction of sp³-hybridized carbons (Fsp3) is 0.375. The summed E-state index contributed by atoms with van der Waals surface area (Å²) in [5, 5.41) is 10.4. The van der Waals surface area contributed by atoms with Gasteiger partial charge in [-0.05, 0) is 152 Å². The highest BCUT2D eigenvalue weighted by atomic mass is 28.3. The van der Waals surface area contributed by atoms with E-state index in [-0.39, 0.29) is 0 Å². The lowest BCUT2D eigenvalue weighted by molar-refractivity contribution is 0.909. The molecule has 0 aliphatic rings. The molecule has 50 heavy (non-hydrogen) atoms. The Morgan fingerprint density at radius 1 is 0.520 bits per heavy atom. The van der Waals surface area contributed by atoms with Gasteiger partial charge in [0.15, 0.2) is 0 Å². The van der Waals surface area contributed by atoms with E-state index < -0.39 is 16.1 Å². The van der Waals surface area contributed by atoms with Crippen LogP contribution in [0.3, 0.4) is 0 Å². The molecule has 0 heterocycles. The van der Waals surface area contributed by atoms with Gasteiger partial charge in [-0.2, -0.15) is 0 Å². The van der Waals surface area contributed by atoms with E-state index in [1.165, 1.54) is 65.3 Å². The molecule has 0 atom stereocenters. The molecule has 0 saturated heterocycles. The van der Waals surface area contributed by atoms with Gasteiger partial charge < -0.3 is 0 Å². The molecule has 258 valence electrons. The quantitative estimate of drug-likeness (QED) is 0.0658. The minimum Gasteiger partial charge on any atom is -0.125 e. The monoisotopic (exact) mass is 690 g/mol. The summed E-state index contributed by atoms with van der Waals surface area (Å²) in [5.41, 5.74) is 17.7. The number of benzene rings is 5. The van der Waals surface area contributed by atoms with E-state index >= 15 is 0 Å². The van der Waals surface area contributed by atoms with Gasteiger partial charge in [0.05, 0.1) is 0 Å². The van der Waals surface area contributed by atoms with Gasteiger partial charge in [-0.15, -0.1) is 24.2 Å². The highest BCUT2D eigenvalue weighted by Crippen LogP contribution is 2.42. The summed E-state index contributed by atoms with van der Waals surface area (Å²) in [5.74, 6) is 7.88. The summed E-state index contributed by atoms with van der Waals surface area (Å²) < 4.78 is 0. The third-order valence-corrected chi connectivity index (χ3v) is 23.7. The molecule has 0 aliphatic carbocycles. The Balaban J connectivity index is 1.98. The standard InChI is InChI=1S/C48H58Si2/c1-15-23-49(31(3)4,32(5)6)25-21-43-35(11)36(12)48-38(14)47-37(13)45-29-40-20-18-17-19-39(40)27-41(45)28-42(47)30-46(48)44(43)22-26-50(24-16-2,33(7)8)34(9)10/h15-20,27-34H,1-2,23-24H2,3-14H3. The van der Waals surface area contributed by atoms with Crippen LogP contribution in [0.25, 0.3) is 43.1 Å². The second kappa shape index (κ2) is 14.4. The van der Waals surface area contributed by atoms with E-state index in [2.05, 4.69) is 180 Å². The van der Waals surface area contributed by atoms with Crippen molar-refractivity contribution in [3.05, 3.63) is 107 Å². The van der Waals surface area contributed by atoms with Crippen molar-refractivity contribution in [1.29, 1.82) is 0 Å². The molecule has 0 spiro atoms. The third kappa shape index (κ3) is 6.21. The number of allylic oxidation sites excluding steroid dienone is 2. The Bertz CT molecular complexity index is 2250. The van der Waals surface area contributed by atoms with Crippen LogP contribution in [0.5, 0.6) is 0 Å². The first kappa shape index (κ1) is 37.4. The van der Waals surface area contributed by atoms with Gasteiger partial charge >= 0.3 is 0 Å². The molecule has 0 saturated carbocycles. The summed E-state index contributed by atoms with van der Waals surface area (Å²) in [6.07, 6.45) is 4.24. The maximum atomic E-state index is 4.20. The summed E-state index contributed by atoms with van der Waals surface area (Å²) >= 11 is 0. The fourth-order valence-electron chi connectivity index (χ4n) is 8.91. The van der Waals surface area contributed by atoms with Crippen LogP contribution in [0.1, 0.15) is 88.8 Å². The van der Waals surface area contributed by atoms with Crippen LogP contribution in [0.2, 0.25) is 34.3 Å². The van der Waals surface area contributed by atoms with Gasteiger partial charge in [0.25, 0.3) is 0 Å². The maximum absolute atomic E-state index is 4.20. The van der Waals surface area contributed by atoms with Crippen molar-refractivity contribution >= 4 is 59.2 Å². The third-order valence-electron chi connectivity index (χ3n) is 12.4. The van der Waals surface area contributed by atoms with Crippen LogP contribution in [-0.2, 0) is 0 Å². The van der Waals surface area contributed by atoms with Gasteiger partial charge in [0.1, 0.15) is 16.1 Å². The van der Waals surface area contributed by atoms with E-state index in [1.54, 1.807) is 0 Å². The Hall–Kier alpha value is -3.83. The molecule has 0 nitrogen and oxygen atoms in total. The molecule has 5 rings (SSSR count). The Morgan fingerprint density at radius 3 is 1.48 bits per heavy atom. The number of hydrogen-bond acceptors (Lipinski definition) is 0. The molecule has 5 aromatic carbocycles. The summed E-state index contributed by atoms with van der Waals surface area (Å²) in [7, 11) is -4.07. The largest absolute Gasteiger partial charge is 0.147 e. The molecule has 0 amide bonds. The number of fused-ring (bicyclic) bond motifs is 4. The molecular formula is C48H58Si2. The van der Waals surface area contributed by atoms with Crippen molar-refractivity contribution in [2.45, 2.75) is 117 Å². The average Bonchev–Trinajstić information content (AvgIpc) is 3.06. The molecular weight excluding hydrogens is 633 g/mol. The lowest BCUT2D eigenvalue weighted by atomic mass is 9.84. The Morgan fingerprint density at radius 2 is 0.980 bits per heavy atom. The zero-order valence-electron chi connectivity index (χ0n) is 32.9. The van der Waals surface area contributed by atoms with Crippen molar-refractivity contribution in [3.63, 3.8) is 0 Å². The molecule has 5 aromatic rings. The number of hydrogen-bond donors (Lipinski definition) is 0. The van der Waals surface area contributed by atoms with Crippen LogP contribution in [0.4, 0.5) is 0 Å². The second-order valence-corrected chi connectivity index (χ2v) is 26.2. The van der Waals surface area contributed by atoms with Crippen LogP contribution in [0, 0.1) is 50.6 Å². The molecule has 0 unspecified atom stereocenters. The Labute approximate surface area is 305 Å². The van der Waals surface area contributed by atoms with E-state index in [1.807, 2.05) is 0 Å². The molecule has 0 fully saturated rings. The first-order chi connectivity index (χ1) is 23.6. The smallest absolute Gasteiger partial charge is 0.125 e. The zero-order valence-corrected chi connectivity index (χ0v) is 34.9. The molecule has 0 aliphatic heterocycles. The lowest BCUT2D eigenvalue weighted by Gasteiger charge is -2.33. The molecule has 0 N–H and O–H groups in total. The highest BCUT2D eigenvalue weighted by molar-refractivity contribution is 6.90. The second-order valence-electron chi connectivity index (χ2n) is 16.1. The number of rotatable bonds is 8. The van der Waals surface area contributed by atoms with Gasteiger partial charge in [-0.25, -0.2) is 0 Å². The normalized spacial score (nSPS) is 12.3. The number of aryl methyl sites for hydroxylation is 3. The molecule has 0 aromatic heterocycles. The molecule has 2 heteroatoms. The highest BCUT2D eigenvalue weighted by Gasteiger charge is 2.38. The van der Waals surface area contributed by atoms with Crippen molar-refractivity contribution in [2.24, 2.45) is 0 Å². The van der Waals surface area contributed by atoms with E-state index in [0.717, 1.165) is 23.2 Å². The summed E-state index contributed by atoms with van der Waals surface area (Å²) in [6.45, 7) is 36.6. The average molecular weight is 691 g/mol. The Kier molecular flexibility index (Phi) is 10.8. The lowest BCUT2D eigenvalue weighted by Crippen LogP contribution is -2.39.